The first-order chi connectivity index (χ1) is 15.5. The average molecular weight is 436 g/mol. The van der Waals surface area contributed by atoms with Crippen LogP contribution in [0.2, 0.25) is 0 Å². The van der Waals surface area contributed by atoms with Gasteiger partial charge in [-0.05, 0) is 24.6 Å². The third-order valence-electron chi connectivity index (χ3n) is 4.21. The van der Waals surface area contributed by atoms with Crippen LogP contribution in [0.1, 0.15) is 22.8 Å². The zero-order valence-electron chi connectivity index (χ0n) is 17.1. The van der Waals surface area contributed by atoms with Crippen LogP contribution in [0.25, 0.3) is 0 Å². The molecule has 3 N–H and O–H groups in total. The summed E-state index contributed by atoms with van der Waals surface area (Å²) in [5.41, 5.74) is 5.60. The minimum absolute atomic E-state index is 0.0742. The number of hydrogen-bond acceptors (Lipinski definition) is 9. The Hall–Kier alpha value is -4.54. The summed E-state index contributed by atoms with van der Waals surface area (Å²) in [6.07, 6.45) is 1.17. The molecule has 0 aliphatic heterocycles. The van der Waals surface area contributed by atoms with Crippen LogP contribution in [0, 0.1) is 10.1 Å². The summed E-state index contributed by atoms with van der Waals surface area (Å²) < 4.78 is 5.02. The van der Waals surface area contributed by atoms with Gasteiger partial charge in [0.2, 0.25) is 17.5 Å². The van der Waals surface area contributed by atoms with E-state index in [2.05, 4.69) is 26.1 Å². The number of aromatic nitrogens is 2. The topological polar surface area (TPSA) is 148 Å². The van der Waals surface area contributed by atoms with E-state index in [1.807, 2.05) is 6.07 Å². The molecule has 1 aromatic heterocycles. The predicted octanol–water partition coefficient (Wildman–Crippen LogP) is 2.99. The van der Waals surface area contributed by atoms with E-state index in [9.17, 15) is 19.7 Å². The molecular formula is C21H20N6O5. The number of esters is 1. The van der Waals surface area contributed by atoms with E-state index in [-0.39, 0.29) is 35.9 Å². The zero-order valence-corrected chi connectivity index (χ0v) is 17.1. The number of benzene rings is 2. The highest BCUT2D eigenvalue weighted by Gasteiger charge is 2.25. The molecule has 0 unspecified atom stereocenters. The Morgan fingerprint density at radius 2 is 1.72 bits per heavy atom. The molecule has 0 saturated heterocycles. The van der Waals surface area contributed by atoms with E-state index in [1.165, 1.54) is 6.07 Å². The van der Waals surface area contributed by atoms with Crippen LogP contribution < -0.4 is 16.2 Å². The van der Waals surface area contributed by atoms with Crippen molar-refractivity contribution in [3.63, 3.8) is 0 Å². The highest BCUT2D eigenvalue weighted by atomic mass is 16.6. The van der Waals surface area contributed by atoms with Crippen molar-refractivity contribution in [3.8, 4) is 0 Å². The highest BCUT2D eigenvalue weighted by Crippen LogP contribution is 2.31. The zero-order chi connectivity index (χ0) is 22.9. The molecule has 0 fully saturated rings. The number of nitrogens with one attached hydrogen (secondary N) is 3. The maximum atomic E-state index is 12.2. The molecule has 2 aromatic carbocycles. The fourth-order valence-electron chi connectivity index (χ4n) is 2.80. The van der Waals surface area contributed by atoms with Crippen molar-refractivity contribution in [1.82, 2.24) is 15.4 Å². The standard InChI is InChI=1S/C21H20N6O5/c1-2-32-21(29)15-10-6-7-11-16(15)24-19-18(27(30)31)20(23-13-22-19)26-25-17(28)12-14-8-4-3-5-9-14/h3-11,13H,2,12H2,1H3,(H,25,28)(H2,22,23,24,26). The van der Waals surface area contributed by atoms with Gasteiger partial charge in [0, 0.05) is 0 Å². The van der Waals surface area contributed by atoms with Crippen molar-refractivity contribution in [3.05, 3.63) is 82.2 Å². The molecule has 11 nitrogen and oxygen atoms in total. The van der Waals surface area contributed by atoms with Crippen molar-refractivity contribution in [1.29, 1.82) is 0 Å². The summed E-state index contributed by atoms with van der Waals surface area (Å²) in [6, 6.07) is 15.4. The van der Waals surface area contributed by atoms with E-state index in [0.29, 0.717) is 0 Å². The number of para-hydroxylation sites is 1. The Kier molecular flexibility index (Phi) is 7.25. The van der Waals surface area contributed by atoms with Gasteiger partial charge in [-0.15, -0.1) is 0 Å². The molecule has 0 atom stereocenters. The van der Waals surface area contributed by atoms with Gasteiger partial charge in [0.15, 0.2) is 0 Å². The molecule has 1 amide bonds. The van der Waals surface area contributed by atoms with Crippen molar-refractivity contribution in [2.24, 2.45) is 0 Å². The molecule has 0 saturated carbocycles. The van der Waals surface area contributed by atoms with Crippen LogP contribution in [0.4, 0.5) is 23.0 Å². The fourth-order valence-corrected chi connectivity index (χ4v) is 2.80. The number of hydrazine groups is 1. The number of nitro groups is 1. The summed E-state index contributed by atoms with van der Waals surface area (Å²) in [7, 11) is 0. The smallest absolute Gasteiger partial charge is 0.355 e. The second-order valence-corrected chi connectivity index (χ2v) is 6.40. The maximum Gasteiger partial charge on any atom is 0.355 e. The van der Waals surface area contributed by atoms with Gasteiger partial charge in [-0.25, -0.2) is 14.8 Å². The third-order valence-corrected chi connectivity index (χ3v) is 4.21. The van der Waals surface area contributed by atoms with Crippen LogP contribution in [0.3, 0.4) is 0 Å². The monoisotopic (exact) mass is 436 g/mol. The summed E-state index contributed by atoms with van der Waals surface area (Å²) in [4.78, 5) is 43.2. The molecular weight excluding hydrogens is 416 g/mol. The van der Waals surface area contributed by atoms with Gasteiger partial charge in [-0.2, -0.15) is 0 Å². The minimum Gasteiger partial charge on any atom is -0.462 e. The maximum absolute atomic E-state index is 12.2. The summed E-state index contributed by atoms with van der Waals surface area (Å²) in [6.45, 7) is 1.85. The fraction of sp³-hybridized carbons (Fsp3) is 0.143. The Labute approximate surface area is 183 Å². The van der Waals surface area contributed by atoms with Crippen molar-refractivity contribution in [2.75, 3.05) is 17.3 Å². The Balaban J connectivity index is 1.81. The minimum atomic E-state index is -0.693. The lowest BCUT2D eigenvalue weighted by molar-refractivity contribution is -0.383. The molecule has 3 rings (SSSR count). The first-order valence-electron chi connectivity index (χ1n) is 9.61. The molecule has 32 heavy (non-hydrogen) atoms. The first kappa shape index (κ1) is 22.2. The second-order valence-electron chi connectivity index (χ2n) is 6.40. The van der Waals surface area contributed by atoms with Gasteiger partial charge >= 0.3 is 11.7 Å². The molecule has 3 aromatic rings. The van der Waals surface area contributed by atoms with Crippen molar-refractivity contribution >= 4 is 34.9 Å². The van der Waals surface area contributed by atoms with Crippen LogP contribution in [0.5, 0.6) is 0 Å². The lowest BCUT2D eigenvalue weighted by Crippen LogP contribution is -2.31. The van der Waals surface area contributed by atoms with Crippen LogP contribution in [-0.2, 0) is 16.0 Å². The quantitative estimate of drug-likeness (QED) is 0.261. The lowest BCUT2D eigenvalue weighted by Gasteiger charge is -2.13. The third kappa shape index (κ3) is 5.53. The van der Waals surface area contributed by atoms with E-state index in [0.717, 1.165) is 11.9 Å². The number of ether oxygens (including phenoxy) is 1. The van der Waals surface area contributed by atoms with Crippen LogP contribution in [-0.4, -0.2) is 33.4 Å². The number of carbonyl (C=O) groups excluding carboxylic acids is 2. The van der Waals surface area contributed by atoms with E-state index in [4.69, 9.17) is 4.74 Å². The van der Waals surface area contributed by atoms with Crippen molar-refractivity contribution < 1.29 is 19.2 Å². The molecule has 1 heterocycles. The number of hydrogen-bond donors (Lipinski definition) is 3. The molecule has 0 aliphatic carbocycles. The van der Waals surface area contributed by atoms with Gasteiger partial charge in [0.05, 0.1) is 29.2 Å². The van der Waals surface area contributed by atoms with E-state index < -0.39 is 22.5 Å². The van der Waals surface area contributed by atoms with E-state index >= 15 is 0 Å². The highest BCUT2D eigenvalue weighted by molar-refractivity contribution is 5.97. The molecule has 0 aliphatic rings. The second kappa shape index (κ2) is 10.5. The molecule has 0 spiro atoms. The normalized spacial score (nSPS) is 10.2. The first-order valence-corrected chi connectivity index (χ1v) is 9.61. The largest absolute Gasteiger partial charge is 0.462 e. The lowest BCUT2D eigenvalue weighted by atomic mass is 10.1. The number of rotatable bonds is 9. The van der Waals surface area contributed by atoms with Gasteiger partial charge in [-0.3, -0.25) is 25.8 Å². The van der Waals surface area contributed by atoms with Crippen LogP contribution >= 0.6 is 0 Å². The number of nitrogens with zero attached hydrogens (tertiary/aromatic N) is 3. The number of carbonyl (C=O) groups is 2. The van der Waals surface area contributed by atoms with Gasteiger partial charge < -0.3 is 10.1 Å². The summed E-state index contributed by atoms with van der Waals surface area (Å²) >= 11 is 0. The summed E-state index contributed by atoms with van der Waals surface area (Å²) in [5.74, 6) is -1.38. The van der Waals surface area contributed by atoms with E-state index in [1.54, 1.807) is 49.4 Å². The van der Waals surface area contributed by atoms with Crippen LogP contribution in [0.15, 0.2) is 60.9 Å². The Morgan fingerprint density at radius 3 is 2.44 bits per heavy atom. The van der Waals surface area contributed by atoms with Gasteiger partial charge in [0.1, 0.15) is 6.33 Å². The molecule has 0 bridgehead atoms. The van der Waals surface area contributed by atoms with Gasteiger partial charge in [-0.1, -0.05) is 42.5 Å². The Morgan fingerprint density at radius 1 is 1.03 bits per heavy atom. The molecule has 0 radical (unpaired) electrons. The SMILES string of the molecule is CCOC(=O)c1ccccc1Nc1ncnc(NNC(=O)Cc2ccccc2)c1[N+](=O)[O-]. The average Bonchev–Trinajstić information content (AvgIpc) is 2.79. The number of amides is 1. The number of anilines is 3. The summed E-state index contributed by atoms with van der Waals surface area (Å²) in [5, 5.41) is 14.5. The Bertz CT molecular complexity index is 1120. The van der Waals surface area contributed by atoms with Gasteiger partial charge in [0.25, 0.3) is 0 Å². The molecule has 11 heteroatoms. The predicted molar refractivity (Wildman–Crippen MR) is 116 cm³/mol. The van der Waals surface area contributed by atoms with Crippen molar-refractivity contribution in [2.45, 2.75) is 13.3 Å². The molecule has 164 valence electrons.